The molecule has 1 N–H and O–H groups in total. The van der Waals surface area contributed by atoms with Gasteiger partial charge in [0.25, 0.3) is 0 Å². The predicted octanol–water partition coefficient (Wildman–Crippen LogP) is 3.09. The normalized spacial score (nSPS) is 19.9. The molecular weight excluding hydrogens is 222 g/mol. The minimum atomic E-state index is -0.151. The van der Waals surface area contributed by atoms with Crippen LogP contribution in [0.5, 0.6) is 0 Å². The van der Waals surface area contributed by atoms with Crippen molar-refractivity contribution in [3.05, 3.63) is 35.4 Å². The van der Waals surface area contributed by atoms with Crippen molar-refractivity contribution in [2.24, 2.45) is 10.8 Å². The molecule has 0 radical (unpaired) electrons. The summed E-state index contributed by atoms with van der Waals surface area (Å²) in [5.74, 6) is 0. The highest BCUT2D eigenvalue weighted by Gasteiger charge is 2.49. The zero-order valence-electron chi connectivity index (χ0n) is 11.2. The molecule has 1 aromatic rings. The lowest BCUT2D eigenvalue weighted by Crippen LogP contribution is -2.43. The van der Waals surface area contributed by atoms with Crippen LogP contribution in [0, 0.1) is 22.2 Å². The van der Waals surface area contributed by atoms with E-state index in [-0.39, 0.29) is 12.0 Å². The second-order valence-corrected chi connectivity index (χ2v) is 6.38. The molecule has 96 valence electrons. The first-order valence-electron chi connectivity index (χ1n) is 6.59. The zero-order valence-corrected chi connectivity index (χ0v) is 11.2. The maximum Gasteiger partial charge on any atom is 0.0693 e. The average molecular weight is 243 g/mol. The Labute approximate surface area is 109 Å². The second-order valence-electron chi connectivity index (χ2n) is 6.38. The first-order valence-corrected chi connectivity index (χ1v) is 6.59. The van der Waals surface area contributed by atoms with E-state index in [2.05, 4.69) is 44.2 Å². The fourth-order valence-electron chi connectivity index (χ4n) is 3.37. The molecule has 0 unspecified atom stereocenters. The van der Waals surface area contributed by atoms with Gasteiger partial charge in [-0.25, -0.2) is 0 Å². The van der Waals surface area contributed by atoms with E-state index in [4.69, 9.17) is 5.11 Å². The van der Waals surface area contributed by atoms with Crippen LogP contribution in [-0.4, -0.2) is 11.7 Å². The lowest BCUT2D eigenvalue weighted by Gasteiger charge is -2.49. The van der Waals surface area contributed by atoms with Gasteiger partial charge in [-0.1, -0.05) is 38.1 Å². The van der Waals surface area contributed by atoms with E-state index in [0.717, 1.165) is 24.8 Å². The van der Waals surface area contributed by atoms with Crippen LogP contribution in [0.4, 0.5) is 0 Å². The molecule has 0 aromatic heterocycles. The monoisotopic (exact) mass is 243 g/mol. The smallest absolute Gasteiger partial charge is 0.0693 e. The third-order valence-corrected chi connectivity index (χ3v) is 3.84. The summed E-state index contributed by atoms with van der Waals surface area (Å²) < 4.78 is 0. The van der Waals surface area contributed by atoms with Crippen LogP contribution in [0.1, 0.15) is 37.8 Å². The summed E-state index contributed by atoms with van der Waals surface area (Å²) in [5, 5.41) is 18.3. The van der Waals surface area contributed by atoms with Gasteiger partial charge in [-0.05, 0) is 42.2 Å². The van der Waals surface area contributed by atoms with Crippen molar-refractivity contribution >= 4 is 0 Å². The number of rotatable bonds is 4. The highest BCUT2D eigenvalue weighted by molar-refractivity contribution is 5.26. The Morgan fingerprint density at radius 2 is 1.72 bits per heavy atom. The molecule has 0 spiro atoms. The first kappa shape index (κ1) is 13.1. The number of aliphatic hydroxyl groups is 1. The molecule has 0 aliphatic heterocycles. The number of benzene rings is 1. The summed E-state index contributed by atoms with van der Waals surface area (Å²) in [6.45, 7) is 4.65. The van der Waals surface area contributed by atoms with E-state index >= 15 is 0 Å². The van der Waals surface area contributed by atoms with Crippen molar-refractivity contribution in [2.75, 3.05) is 6.61 Å². The van der Waals surface area contributed by atoms with E-state index in [0.29, 0.717) is 11.8 Å². The lowest BCUT2D eigenvalue weighted by molar-refractivity contribution is 0.0363. The van der Waals surface area contributed by atoms with Gasteiger partial charge in [0.15, 0.2) is 0 Å². The Morgan fingerprint density at radius 3 is 2.17 bits per heavy atom. The van der Waals surface area contributed by atoms with Crippen LogP contribution in [0.2, 0.25) is 0 Å². The Balaban J connectivity index is 2.03. The molecule has 0 bridgehead atoms. The molecular formula is C16H21NO. The summed E-state index contributed by atoms with van der Waals surface area (Å²) in [6, 6.07) is 10.8. The van der Waals surface area contributed by atoms with Crippen LogP contribution in [0.25, 0.3) is 0 Å². The van der Waals surface area contributed by atoms with Crippen LogP contribution in [-0.2, 0) is 12.8 Å². The molecule has 0 atom stereocenters. The van der Waals surface area contributed by atoms with Crippen molar-refractivity contribution in [1.82, 2.24) is 0 Å². The molecule has 2 rings (SSSR count). The van der Waals surface area contributed by atoms with Crippen molar-refractivity contribution in [3.63, 3.8) is 0 Å². The van der Waals surface area contributed by atoms with E-state index in [1.807, 2.05) is 0 Å². The van der Waals surface area contributed by atoms with E-state index in [1.54, 1.807) is 0 Å². The number of nitrogens with zero attached hydrogens (tertiary/aromatic N) is 1. The maximum atomic E-state index is 9.39. The van der Waals surface area contributed by atoms with Crippen molar-refractivity contribution in [1.29, 1.82) is 5.26 Å². The Morgan fingerprint density at radius 1 is 1.17 bits per heavy atom. The maximum absolute atomic E-state index is 9.39. The highest BCUT2D eigenvalue weighted by Crippen LogP contribution is 2.55. The number of aliphatic hydroxyl groups excluding tert-OH is 1. The quantitative estimate of drug-likeness (QED) is 0.883. The molecule has 1 saturated carbocycles. The first-order chi connectivity index (χ1) is 8.49. The lowest BCUT2D eigenvalue weighted by atomic mass is 9.53. The van der Waals surface area contributed by atoms with Gasteiger partial charge in [-0.2, -0.15) is 5.26 Å². The molecule has 1 aliphatic rings. The summed E-state index contributed by atoms with van der Waals surface area (Å²) in [7, 11) is 0. The van der Waals surface area contributed by atoms with Gasteiger partial charge in [0.2, 0.25) is 0 Å². The topological polar surface area (TPSA) is 44.0 Å². The van der Waals surface area contributed by atoms with Gasteiger partial charge >= 0.3 is 0 Å². The van der Waals surface area contributed by atoms with Gasteiger partial charge in [-0.3, -0.25) is 0 Å². The predicted molar refractivity (Wildman–Crippen MR) is 72.0 cm³/mol. The largest absolute Gasteiger partial charge is 0.396 e. The highest BCUT2D eigenvalue weighted by atomic mass is 16.2. The van der Waals surface area contributed by atoms with E-state index in [1.165, 1.54) is 5.56 Å². The number of nitriles is 1. The molecule has 2 heteroatoms. The van der Waals surface area contributed by atoms with E-state index < -0.39 is 0 Å². The summed E-state index contributed by atoms with van der Waals surface area (Å²) >= 11 is 0. The van der Waals surface area contributed by atoms with Gasteiger partial charge in [-0.15, -0.1) is 0 Å². The van der Waals surface area contributed by atoms with Crippen LogP contribution >= 0.6 is 0 Å². The molecule has 1 aromatic carbocycles. The average Bonchev–Trinajstić information content (AvgIpc) is 2.29. The number of hydrogen-bond acceptors (Lipinski definition) is 2. The van der Waals surface area contributed by atoms with Gasteiger partial charge in [0.05, 0.1) is 11.5 Å². The molecule has 0 saturated heterocycles. The fourth-order valence-corrected chi connectivity index (χ4v) is 3.37. The SMILES string of the molecule is CC1(C)CC(C#N)(Cc2ccc(CCO)cc2)C1. The van der Waals surface area contributed by atoms with Crippen molar-refractivity contribution in [3.8, 4) is 6.07 Å². The second kappa shape index (κ2) is 4.74. The number of hydrogen-bond donors (Lipinski definition) is 1. The third kappa shape index (κ3) is 2.73. The zero-order chi connectivity index (χ0) is 13.2. The molecule has 1 fully saturated rings. The standard InChI is InChI=1S/C16H21NO/c1-15(2)10-16(11-15,12-17)9-14-5-3-13(4-6-14)7-8-18/h3-6,18H,7-11H2,1-2H3. The van der Waals surface area contributed by atoms with E-state index in [9.17, 15) is 5.26 Å². The van der Waals surface area contributed by atoms with Gasteiger partial charge in [0.1, 0.15) is 0 Å². The van der Waals surface area contributed by atoms with Crippen LogP contribution < -0.4 is 0 Å². The molecule has 0 amide bonds. The molecule has 2 nitrogen and oxygen atoms in total. The van der Waals surface area contributed by atoms with Gasteiger partial charge < -0.3 is 5.11 Å². The third-order valence-electron chi connectivity index (χ3n) is 3.84. The summed E-state index contributed by atoms with van der Waals surface area (Å²) in [4.78, 5) is 0. The van der Waals surface area contributed by atoms with Crippen molar-refractivity contribution < 1.29 is 5.11 Å². The van der Waals surface area contributed by atoms with Crippen molar-refractivity contribution in [2.45, 2.75) is 39.5 Å². The Kier molecular flexibility index (Phi) is 3.45. The van der Waals surface area contributed by atoms with Crippen LogP contribution in [0.3, 0.4) is 0 Å². The summed E-state index contributed by atoms with van der Waals surface area (Å²) in [6.07, 6.45) is 3.55. The summed E-state index contributed by atoms with van der Waals surface area (Å²) in [5.41, 5.74) is 2.56. The Hall–Kier alpha value is -1.33. The molecule has 0 heterocycles. The van der Waals surface area contributed by atoms with Crippen LogP contribution in [0.15, 0.2) is 24.3 Å². The minimum Gasteiger partial charge on any atom is -0.396 e. The van der Waals surface area contributed by atoms with Gasteiger partial charge in [0, 0.05) is 6.61 Å². The molecule has 18 heavy (non-hydrogen) atoms. The molecule has 1 aliphatic carbocycles. The fraction of sp³-hybridized carbons (Fsp3) is 0.562. The Bertz CT molecular complexity index is 445. The minimum absolute atomic E-state index is 0.151.